The number of hydrogen-bond acceptors (Lipinski definition) is 9. The summed E-state index contributed by atoms with van der Waals surface area (Å²) in [5, 5.41) is 3.61. The highest BCUT2D eigenvalue weighted by Crippen LogP contribution is 2.27. The zero-order valence-corrected chi connectivity index (χ0v) is 13.4. The number of anilines is 1. The van der Waals surface area contributed by atoms with Gasteiger partial charge in [-0.3, -0.25) is 0 Å². The van der Waals surface area contributed by atoms with E-state index in [2.05, 4.69) is 29.6 Å². The normalized spacial score (nSPS) is 10.8. The molecule has 2 heterocycles. The average Bonchev–Trinajstić information content (AvgIpc) is 2.74. The third-order valence-corrected chi connectivity index (χ3v) is 3.67. The van der Waals surface area contributed by atoms with Crippen LogP contribution in [0.2, 0.25) is 0 Å². The van der Waals surface area contributed by atoms with Crippen molar-refractivity contribution in [2.45, 2.75) is 43.3 Å². The highest BCUT2D eigenvalue weighted by molar-refractivity contribution is 8.00. The van der Waals surface area contributed by atoms with E-state index in [9.17, 15) is 0 Å². The Bertz CT molecular complexity index is 574. The smallest absolute Gasteiger partial charge is 0.322 e. The van der Waals surface area contributed by atoms with Crippen molar-refractivity contribution in [2.75, 3.05) is 11.9 Å². The average molecular weight is 312 g/mol. The fourth-order valence-corrected chi connectivity index (χ4v) is 2.78. The van der Waals surface area contributed by atoms with E-state index in [4.69, 9.17) is 4.74 Å². The van der Waals surface area contributed by atoms with Crippen molar-refractivity contribution in [3.8, 4) is 6.01 Å². The molecule has 0 aliphatic rings. The van der Waals surface area contributed by atoms with Gasteiger partial charge in [0.15, 0.2) is 4.34 Å². The van der Waals surface area contributed by atoms with Crippen LogP contribution in [0.1, 0.15) is 26.6 Å². The van der Waals surface area contributed by atoms with Crippen LogP contribution >= 0.6 is 23.3 Å². The SMILES string of the molecule is CCNc1nc(OC(C)C)nc(Sc2nc(C)ns2)n1. The lowest BCUT2D eigenvalue weighted by Crippen LogP contribution is -2.11. The Labute approximate surface area is 125 Å². The van der Waals surface area contributed by atoms with Crippen molar-refractivity contribution in [1.29, 1.82) is 0 Å². The molecule has 0 radical (unpaired) electrons. The highest BCUT2D eigenvalue weighted by Gasteiger charge is 2.12. The molecule has 0 unspecified atom stereocenters. The number of rotatable bonds is 6. The third kappa shape index (κ3) is 4.27. The Kier molecular flexibility index (Phi) is 5.07. The van der Waals surface area contributed by atoms with Gasteiger partial charge in [-0.1, -0.05) is 0 Å². The molecule has 0 saturated heterocycles. The molecule has 0 aromatic carbocycles. The number of nitrogens with one attached hydrogen (secondary N) is 1. The molecule has 108 valence electrons. The molecule has 0 aliphatic carbocycles. The Balaban J connectivity index is 2.23. The summed E-state index contributed by atoms with van der Waals surface area (Å²) >= 11 is 2.68. The van der Waals surface area contributed by atoms with Gasteiger partial charge in [0.2, 0.25) is 11.1 Å². The molecule has 0 fully saturated rings. The van der Waals surface area contributed by atoms with Crippen LogP contribution in [-0.2, 0) is 0 Å². The first kappa shape index (κ1) is 14.9. The molecule has 0 bridgehead atoms. The molecular weight excluding hydrogens is 296 g/mol. The summed E-state index contributed by atoms with van der Waals surface area (Å²) in [6, 6.07) is 0.315. The van der Waals surface area contributed by atoms with Gasteiger partial charge >= 0.3 is 6.01 Å². The van der Waals surface area contributed by atoms with Gasteiger partial charge in [-0.15, -0.1) is 0 Å². The maximum atomic E-state index is 5.54. The van der Waals surface area contributed by atoms with Crippen LogP contribution in [0, 0.1) is 6.92 Å². The van der Waals surface area contributed by atoms with Crippen molar-refractivity contribution in [2.24, 2.45) is 0 Å². The van der Waals surface area contributed by atoms with Gasteiger partial charge in [0.25, 0.3) is 0 Å². The Morgan fingerprint density at radius 3 is 2.65 bits per heavy atom. The first-order valence-corrected chi connectivity index (χ1v) is 7.80. The molecular formula is C11H16N6OS2. The fraction of sp³-hybridized carbons (Fsp3) is 0.545. The predicted octanol–water partition coefficient (Wildman–Crippen LogP) is 2.40. The molecule has 9 heteroatoms. The Hall–Kier alpha value is -1.48. The van der Waals surface area contributed by atoms with Gasteiger partial charge in [-0.05, 0) is 51.0 Å². The van der Waals surface area contributed by atoms with Crippen LogP contribution in [0.5, 0.6) is 6.01 Å². The minimum atomic E-state index is 0.00787. The largest absolute Gasteiger partial charge is 0.461 e. The van der Waals surface area contributed by atoms with E-state index in [1.165, 1.54) is 23.3 Å². The van der Waals surface area contributed by atoms with E-state index < -0.39 is 0 Å². The van der Waals surface area contributed by atoms with E-state index >= 15 is 0 Å². The minimum Gasteiger partial charge on any atom is -0.461 e. The van der Waals surface area contributed by atoms with Crippen molar-refractivity contribution < 1.29 is 4.74 Å². The second-order valence-corrected chi connectivity index (χ2v) is 6.10. The standard InChI is InChI=1S/C11H16N6OS2/c1-5-12-8-14-9(18-6(2)3)16-10(15-8)19-11-13-7(4)17-20-11/h6H,5H2,1-4H3,(H,12,14,15,16). The molecule has 0 atom stereocenters. The number of nitrogens with zero attached hydrogens (tertiary/aromatic N) is 5. The summed E-state index contributed by atoms with van der Waals surface area (Å²) in [7, 11) is 0. The molecule has 2 rings (SSSR count). The summed E-state index contributed by atoms with van der Waals surface area (Å²) in [4.78, 5) is 17.1. The van der Waals surface area contributed by atoms with E-state index in [1.54, 1.807) is 0 Å². The zero-order chi connectivity index (χ0) is 14.5. The predicted molar refractivity (Wildman–Crippen MR) is 78.5 cm³/mol. The fourth-order valence-electron chi connectivity index (χ4n) is 1.28. The summed E-state index contributed by atoms with van der Waals surface area (Å²) in [5.41, 5.74) is 0. The van der Waals surface area contributed by atoms with E-state index in [1.807, 2.05) is 27.7 Å². The molecule has 1 N–H and O–H groups in total. The molecule has 2 aromatic heterocycles. The van der Waals surface area contributed by atoms with E-state index in [0.717, 1.165) is 16.7 Å². The van der Waals surface area contributed by atoms with Crippen LogP contribution in [0.4, 0.5) is 5.95 Å². The monoisotopic (exact) mass is 312 g/mol. The van der Waals surface area contributed by atoms with Crippen LogP contribution in [-0.4, -0.2) is 37.0 Å². The van der Waals surface area contributed by atoms with Crippen LogP contribution < -0.4 is 10.1 Å². The van der Waals surface area contributed by atoms with Crippen LogP contribution in [0.15, 0.2) is 9.50 Å². The molecule has 20 heavy (non-hydrogen) atoms. The lowest BCUT2D eigenvalue weighted by molar-refractivity contribution is 0.219. The summed E-state index contributed by atoms with van der Waals surface area (Å²) in [6.45, 7) is 8.42. The maximum Gasteiger partial charge on any atom is 0.322 e. The number of aromatic nitrogens is 5. The van der Waals surface area contributed by atoms with E-state index in [-0.39, 0.29) is 6.10 Å². The van der Waals surface area contributed by atoms with Gasteiger partial charge in [-0.2, -0.15) is 19.3 Å². The zero-order valence-electron chi connectivity index (χ0n) is 11.7. The molecule has 7 nitrogen and oxygen atoms in total. The van der Waals surface area contributed by atoms with Gasteiger partial charge in [0, 0.05) is 6.54 Å². The lowest BCUT2D eigenvalue weighted by atomic mass is 10.5. The van der Waals surface area contributed by atoms with Crippen molar-refractivity contribution in [3.63, 3.8) is 0 Å². The van der Waals surface area contributed by atoms with Crippen molar-refractivity contribution in [3.05, 3.63) is 5.82 Å². The summed E-state index contributed by atoms with van der Waals surface area (Å²) in [5.74, 6) is 1.25. The number of hydrogen-bond donors (Lipinski definition) is 1. The summed E-state index contributed by atoms with van der Waals surface area (Å²) < 4.78 is 10.5. The molecule has 0 saturated carbocycles. The second-order valence-electron chi connectivity index (χ2n) is 4.13. The van der Waals surface area contributed by atoms with Gasteiger partial charge in [-0.25, -0.2) is 4.98 Å². The molecule has 0 aliphatic heterocycles. The minimum absolute atomic E-state index is 0.00787. The third-order valence-electron chi connectivity index (χ3n) is 1.96. The molecule has 2 aromatic rings. The Morgan fingerprint density at radius 1 is 1.25 bits per heavy atom. The first-order chi connectivity index (χ1) is 9.56. The molecule has 0 spiro atoms. The molecule has 0 amide bonds. The van der Waals surface area contributed by atoms with Gasteiger partial charge < -0.3 is 10.1 Å². The van der Waals surface area contributed by atoms with Crippen LogP contribution in [0.3, 0.4) is 0 Å². The van der Waals surface area contributed by atoms with Gasteiger partial charge in [0.1, 0.15) is 5.82 Å². The topological polar surface area (TPSA) is 85.7 Å². The van der Waals surface area contributed by atoms with Crippen molar-refractivity contribution >= 4 is 29.2 Å². The number of ether oxygens (including phenoxy) is 1. The van der Waals surface area contributed by atoms with Gasteiger partial charge in [0.05, 0.1) is 6.10 Å². The Morgan fingerprint density at radius 2 is 2.05 bits per heavy atom. The number of aryl methyl sites for hydroxylation is 1. The lowest BCUT2D eigenvalue weighted by Gasteiger charge is -2.09. The first-order valence-electron chi connectivity index (χ1n) is 6.21. The highest BCUT2D eigenvalue weighted by atomic mass is 32.2. The van der Waals surface area contributed by atoms with Crippen LogP contribution in [0.25, 0.3) is 0 Å². The summed E-state index contributed by atoms with van der Waals surface area (Å²) in [6.07, 6.45) is 0.00787. The van der Waals surface area contributed by atoms with E-state index in [0.29, 0.717) is 17.1 Å². The second kappa shape index (κ2) is 6.80. The van der Waals surface area contributed by atoms with Crippen molar-refractivity contribution in [1.82, 2.24) is 24.3 Å². The quantitative estimate of drug-likeness (QED) is 0.870. The maximum absolute atomic E-state index is 5.54.